The first-order valence-electron chi connectivity index (χ1n) is 4.32. The number of rotatable bonds is 3. The van der Waals surface area contributed by atoms with E-state index in [1.165, 1.54) is 0 Å². The standard InChI is InChI=1S/C9H12N2O3/c1-5(2)3-7-10-6(9(13)14)4-8(12)11-7/h4-5H,3H2,1-2H3,(H,13,14)(H,10,11,12). The zero-order valence-corrected chi connectivity index (χ0v) is 8.07. The van der Waals surface area contributed by atoms with Crippen LogP contribution >= 0.6 is 0 Å². The van der Waals surface area contributed by atoms with Gasteiger partial charge in [-0.3, -0.25) is 4.79 Å². The molecule has 0 amide bonds. The van der Waals surface area contributed by atoms with Crippen molar-refractivity contribution < 1.29 is 9.90 Å². The van der Waals surface area contributed by atoms with Crippen LogP contribution in [0.1, 0.15) is 30.2 Å². The van der Waals surface area contributed by atoms with E-state index in [0.29, 0.717) is 18.2 Å². The first kappa shape index (κ1) is 10.4. The molecule has 0 unspecified atom stereocenters. The number of aromatic carboxylic acids is 1. The number of hydrogen-bond acceptors (Lipinski definition) is 3. The van der Waals surface area contributed by atoms with Gasteiger partial charge in [-0.25, -0.2) is 9.78 Å². The van der Waals surface area contributed by atoms with E-state index in [4.69, 9.17) is 5.11 Å². The molecule has 0 aliphatic carbocycles. The van der Waals surface area contributed by atoms with Crippen molar-refractivity contribution in [2.75, 3.05) is 0 Å². The Morgan fingerprint density at radius 2 is 2.29 bits per heavy atom. The van der Waals surface area contributed by atoms with Gasteiger partial charge in [0, 0.05) is 12.5 Å². The second kappa shape index (κ2) is 4.04. The van der Waals surface area contributed by atoms with E-state index in [9.17, 15) is 9.59 Å². The minimum atomic E-state index is -1.18. The van der Waals surface area contributed by atoms with Crippen molar-refractivity contribution >= 4 is 5.97 Å². The summed E-state index contributed by atoms with van der Waals surface area (Å²) in [5.74, 6) is -0.437. The normalized spacial score (nSPS) is 10.5. The zero-order valence-electron chi connectivity index (χ0n) is 8.07. The number of aromatic amines is 1. The summed E-state index contributed by atoms with van der Waals surface area (Å²) >= 11 is 0. The summed E-state index contributed by atoms with van der Waals surface area (Å²) in [5.41, 5.74) is -0.627. The van der Waals surface area contributed by atoms with Gasteiger partial charge in [-0.15, -0.1) is 0 Å². The van der Waals surface area contributed by atoms with E-state index in [1.807, 2.05) is 13.8 Å². The van der Waals surface area contributed by atoms with Crippen molar-refractivity contribution in [1.82, 2.24) is 9.97 Å². The third-order valence-corrected chi connectivity index (χ3v) is 1.61. The largest absolute Gasteiger partial charge is 0.477 e. The Labute approximate surface area is 80.8 Å². The highest BCUT2D eigenvalue weighted by Gasteiger charge is 2.08. The molecular formula is C9H12N2O3. The molecule has 1 aromatic heterocycles. The maximum atomic E-state index is 11.0. The van der Waals surface area contributed by atoms with Crippen LogP contribution in [-0.2, 0) is 6.42 Å². The van der Waals surface area contributed by atoms with Gasteiger partial charge in [0.15, 0.2) is 5.69 Å². The van der Waals surface area contributed by atoms with Gasteiger partial charge >= 0.3 is 5.97 Å². The van der Waals surface area contributed by atoms with E-state index >= 15 is 0 Å². The molecule has 0 radical (unpaired) electrons. The van der Waals surface area contributed by atoms with Gasteiger partial charge in [0.2, 0.25) is 0 Å². The van der Waals surface area contributed by atoms with Crippen LogP contribution < -0.4 is 5.56 Å². The Kier molecular flexibility index (Phi) is 3.01. The molecule has 0 fully saturated rings. The van der Waals surface area contributed by atoms with Crippen LogP contribution in [-0.4, -0.2) is 21.0 Å². The molecule has 0 atom stereocenters. The summed E-state index contributed by atoms with van der Waals surface area (Å²) in [4.78, 5) is 27.9. The molecule has 0 aliphatic rings. The number of carboxylic acids is 1. The lowest BCUT2D eigenvalue weighted by Crippen LogP contribution is -2.16. The zero-order chi connectivity index (χ0) is 10.7. The Balaban J connectivity index is 3.07. The van der Waals surface area contributed by atoms with Crippen molar-refractivity contribution in [2.24, 2.45) is 5.92 Å². The van der Waals surface area contributed by atoms with Gasteiger partial charge in [-0.1, -0.05) is 13.8 Å². The minimum absolute atomic E-state index is 0.204. The van der Waals surface area contributed by atoms with Crippen LogP contribution in [0.5, 0.6) is 0 Å². The lowest BCUT2D eigenvalue weighted by atomic mass is 10.1. The summed E-state index contributed by atoms with van der Waals surface area (Å²) in [6, 6.07) is 0.978. The van der Waals surface area contributed by atoms with Crippen molar-refractivity contribution in [3.8, 4) is 0 Å². The smallest absolute Gasteiger partial charge is 0.354 e. The number of nitrogens with one attached hydrogen (secondary N) is 1. The SMILES string of the molecule is CC(C)Cc1nc(C(=O)O)cc(=O)[nH]1. The number of carboxylic acid groups (broad SMARTS) is 1. The molecule has 0 bridgehead atoms. The lowest BCUT2D eigenvalue weighted by molar-refractivity contribution is 0.0689. The molecule has 0 aromatic carbocycles. The maximum Gasteiger partial charge on any atom is 0.354 e. The molecular weight excluding hydrogens is 184 g/mol. The average Bonchev–Trinajstić information content (AvgIpc) is 2.01. The highest BCUT2D eigenvalue weighted by atomic mass is 16.4. The second-order valence-electron chi connectivity index (χ2n) is 3.48. The van der Waals surface area contributed by atoms with Crippen LogP contribution in [0.15, 0.2) is 10.9 Å². The Bertz CT molecular complexity index is 395. The third-order valence-electron chi connectivity index (χ3n) is 1.61. The molecule has 0 saturated carbocycles. The summed E-state index contributed by atoms with van der Waals surface area (Å²) in [6.07, 6.45) is 0.566. The molecule has 5 heteroatoms. The molecule has 0 saturated heterocycles. The van der Waals surface area contributed by atoms with Gasteiger partial charge in [-0.05, 0) is 5.92 Å². The number of carbonyl (C=O) groups is 1. The van der Waals surface area contributed by atoms with Crippen LogP contribution in [0.4, 0.5) is 0 Å². The van der Waals surface area contributed by atoms with E-state index in [2.05, 4.69) is 9.97 Å². The van der Waals surface area contributed by atoms with E-state index in [-0.39, 0.29) is 5.69 Å². The van der Waals surface area contributed by atoms with Gasteiger partial charge < -0.3 is 10.1 Å². The summed E-state index contributed by atoms with van der Waals surface area (Å²) in [6.45, 7) is 3.93. The van der Waals surface area contributed by atoms with Crippen LogP contribution in [0, 0.1) is 5.92 Å². The van der Waals surface area contributed by atoms with Crippen LogP contribution in [0.25, 0.3) is 0 Å². The van der Waals surface area contributed by atoms with Crippen molar-refractivity contribution in [3.05, 3.63) is 27.9 Å². The van der Waals surface area contributed by atoms with E-state index in [0.717, 1.165) is 6.07 Å². The van der Waals surface area contributed by atoms with Gasteiger partial charge in [0.1, 0.15) is 5.82 Å². The topological polar surface area (TPSA) is 83.0 Å². The van der Waals surface area contributed by atoms with Crippen molar-refractivity contribution in [3.63, 3.8) is 0 Å². The highest BCUT2D eigenvalue weighted by Crippen LogP contribution is 2.01. The second-order valence-corrected chi connectivity index (χ2v) is 3.48. The Morgan fingerprint density at radius 1 is 1.64 bits per heavy atom. The van der Waals surface area contributed by atoms with E-state index in [1.54, 1.807) is 0 Å². The van der Waals surface area contributed by atoms with E-state index < -0.39 is 11.5 Å². The molecule has 14 heavy (non-hydrogen) atoms. The quantitative estimate of drug-likeness (QED) is 0.744. The first-order chi connectivity index (χ1) is 6.49. The molecule has 1 rings (SSSR count). The van der Waals surface area contributed by atoms with Crippen LogP contribution in [0.3, 0.4) is 0 Å². The molecule has 1 heterocycles. The van der Waals surface area contributed by atoms with Gasteiger partial charge in [-0.2, -0.15) is 0 Å². The van der Waals surface area contributed by atoms with Crippen molar-refractivity contribution in [1.29, 1.82) is 0 Å². The number of nitrogens with zero attached hydrogens (tertiary/aromatic N) is 1. The fourth-order valence-corrected chi connectivity index (χ4v) is 1.10. The molecule has 2 N–H and O–H groups in total. The molecule has 1 aromatic rings. The number of H-pyrrole nitrogens is 1. The maximum absolute atomic E-state index is 11.0. The molecule has 0 aliphatic heterocycles. The molecule has 76 valence electrons. The average molecular weight is 196 g/mol. The van der Waals surface area contributed by atoms with Crippen LogP contribution in [0.2, 0.25) is 0 Å². The number of hydrogen-bond donors (Lipinski definition) is 2. The number of aromatic nitrogens is 2. The predicted octanol–water partition coefficient (Wildman–Crippen LogP) is 0.667. The Morgan fingerprint density at radius 3 is 2.79 bits per heavy atom. The van der Waals surface area contributed by atoms with Gasteiger partial charge in [0.05, 0.1) is 0 Å². The monoisotopic (exact) mass is 196 g/mol. The predicted molar refractivity (Wildman–Crippen MR) is 50.4 cm³/mol. The highest BCUT2D eigenvalue weighted by molar-refractivity contribution is 5.85. The summed E-state index contributed by atoms with van der Waals surface area (Å²) in [5, 5.41) is 8.65. The lowest BCUT2D eigenvalue weighted by Gasteiger charge is -2.03. The minimum Gasteiger partial charge on any atom is -0.477 e. The third kappa shape index (κ3) is 2.69. The van der Waals surface area contributed by atoms with Gasteiger partial charge in [0.25, 0.3) is 5.56 Å². The molecule has 0 spiro atoms. The first-order valence-corrected chi connectivity index (χ1v) is 4.32. The summed E-state index contributed by atoms with van der Waals surface area (Å²) in [7, 11) is 0. The molecule has 5 nitrogen and oxygen atoms in total. The Hall–Kier alpha value is -1.65. The van der Waals surface area contributed by atoms with Crippen molar-refractivity contribution in [2.45, 2.75) is 20.3 Å². The fraction of sp³-hybridized carbons (Fsp3) is 0.444. The fourth-order valence-electron chi connectivity index (χ4n) is 1.10. The summed E-state index contributed by atoms with van der Waals surface area (Å²) < 4.78 is 0.